The number of rotatable bonds is 6. The van der Waals surface area contributed by atoms with Crippen molar-refractivity contribution in [2.24, 2.45) is 7.05 Å². The van der Waals surface area contributed by atoms with Gasteiger partial charge >= 0.3 is 5.97 Å². The summed E-state index contributed by atoms with van der Waals surface area (Å²) in [4.78, 5) is 12.6. The highest BCUT2D eigenvalue weighted by Crippen LogP contribution is 2.33. The van der Waals surface area contributed by atoms with Gasteiger partial charge in [-0.25, -0.2) is 4.79 Å². The van der Waals surface area contributed by atoms with Crippen LogP contribution in [0.2, 0.25) is 0 Å². The van der Waals surface area contributed by atoms with Gasteiger partial charge in [-0.05, 0) is 48.6 Å². The van der Waals surface area contributed by atoms with Crippen molar-refractivity contribution in [3.05, 3.63) is 82.2 Å². The molecule has 5 heteroatoms. The maximum atomic E-state index is 12.6. The topological polar surface area (TPSA) is 78.8 Å². The van der Waals surface area contributed by atoms with Crippen LogP contribution in [0.5, 0.6) is 0 Å². The van der Waals surface area contributed by atoms with Crippen LogP contribution >= 0.6 is 0 Å². The summed E-state index contributed by atoms with van der Waals surface area (Å²) in [5.74, 6) is -0.423. The number of benzene rings is 2. The Kier molecular flexibility index (Phi) is 6.35. The molecule has 2 aromatic carbocycles. The first-order valence-corrected chi connectivity index (χ1v) is 9.91. The molecule has 0 N–H and O–H groups in total. The summed E-state index contributed by atoms with van der Waals surface area (Å²) in [7, 11) is 1.80. The fourth-order valence-corrected chi connectivity index (χ4v) is 3.71. The van der Waals surface area contributed by atoms with Gasteiger partial charge < -0.3 is 9.30 Å². The molecule has 5 nitrogen and oxygen atoms in total. The smallest absolute Gasteiger partial charge is 0.355 e. The molecule has 0 bridgehead atoms. The monoisotopic (exact) mass is 397 g/mol. The molecule has 0 aliphatic heterocycles. The highest BCUT2D eigenvalue weighted by Gasteiger charge is 2.26. The van der Waals surface area contributed by atoms with E-state index in [4.69, 9.17) is 10.00 Å². The number of aromatic nitrogens is 1. The minimum Gasteiger partial charge on any atom is -0.461 e. The first-order chi connectivity index (χ1) is 14.5. The van der Waals surface area contributed by atoms with Crippen LogP contribution in [0.3, 0.4) is 0 Å². The minimum absolute atomic E-state index is 0.274. The molecular formula is C25H23N3O2. The number of esters is 1. The number of hydrogen-bond donors (Lipinski definition) is 0. The Balaban J connectivity index is 2.00. The molecule has 0 atom stereocenters. The lowest BCUT2D eigenvalue weighted by Gasteiger charge is -2.09. The van der Waals surface area contributed by atoms with Crippen LogP contribution in [-0.2, 0) is 24.6 Å². The number of carbonyl (C=O) groups is 1. The van der Waals surface area contributed by atoms with E-state index in [1.807, 2.05) is 55.5 Å². The normalized spacial score (nSPS) is 10.3. The average molecular weight is 397 g/mol. The molecule has 3 aromatic rings. The number of hydrogen-bond acceptors (Lipinski definition) is 4. The molecule has 0 aliphatic carbocycles. The van der Waals surface area contributed by atoms with E-state index in [1.165, 1.54) is 0 Å². The molecule has 30 heavy (non-hydrogen) atoms. The summed E-state index contributed by atoms with van der Waals surface area (Å²) in [6.45, 7) is 4.01. The molecule has 1 heterocycles. The molecule has 0 aliphatic rings. The SMILES string of the molecule is CCOC(=O)c1c(-c2ccc(Cc3ccc(C#N)cc3)cc2)c(C#N)c(CC)n1C. The van der Waals surface area contributed by atoms with E-state index < -0.39 is 5.97 Å². The van der Waals surface area contributed by atoms with Crippen LogP contribution in [-0.4, -0.2) is 17.1 Å². The van der Waals surface area contributed by atoms with E-state index in [0.717, 1.165) is 28.8 Å². The number of ether oxygens (including phenoxy) is 1. The lowest BCUT2D eigenvalue weighted by atomic mass is 9.97. The second-order valence-electron chi connectivity index (χ2n) is 6.97. The molecule has 150 valence electrons. The first-order valence-electron chi connectivity index (χ1n) is 9.91. The third kappa shape index (κ3) is 3.97. The van der Waals surface area contributed by atoms with Crippen molar-refractivity contribution in [1.82, 2.24) is 4.57 Å². The fraction of sp³-hybridized carbons (Fsp3) is 0.240. The average Bonchev–Trinajstić information content (AvgIpc) is 3.06. The maximum absolute atomic E-state index is 12.6. The lowest BCUT2D eigenvalue weighted by Crippen LogP contribution is -2.12. The molecule has 3 rings (SSSR count). The second-order valence-corrected chi connectivity index (χ2v) is 6.97. The molecule has 0 saturated carbocycles. The van der Waals surface area contributed by atoms with Crippen molar-refractivity contribution >= 4 is 5.97 Å². The first kappa shape index (κ1) is 20.9. The van der Waals surface area contributed by atoms with Gasteiger partial charge in [0.1, 0.15) is 11.8 Å². The molecule has 0 radical (unpaired) electrons. The molecule has 0 saturated heterocycles. The van der Waals surface area contributed by atoms with E-state index in [2.05, 4.69) is 12.1 Å². The number of nitrogens with zero attached hydrogens (tertiary/aromatic N) is 3. The molecular weight excluding hydrogens is 374 g/mol. The number of carbonyl (C=O) groups excluding carboxylic acids is 1. The van der Waals surface area contributed by atoms with Gasteiger partial charge in [0.2, 0.25) is 0 Å². The standard InChI is InChI=1S/C25H23N3O2/c1-4-22-21(16-27)23(24(28(22)3)25(29)30-5-2)20-12-10-18(11-13-20)14-17-6-8-19(15-26)9-7-17/h6-13H,4-5,14H2,1-3H3. The van der Waals surface area contributed by atoms with Crippen molar-refractivity contribution in [3.8, 4) is 23.3 Å². The largest absolute Gasteiger partial charge is 0.461 e. The summed E-state index contributed by atoms with van der Waals surface area (Å²) in [6, 6.07) is 19.8. The Morgan fingerprint density at radius 1 is 0.967 bits per heavy atom. The van der Waals surface area contributed by atoms with Crippen LogP contribution in [0.1, 0.15) is 52.3 Å². The van der Waals surface area contributed by atoms with E-state index in [0.29, 0.717) is 28.8 Å². The van der Waals surface area contributed by atoms with Crippen LogP contribution in [0.4, 0.5) is 0 Å². The van der Waals surface area contributed by atoms with E-state index in [-0.39, 0.29) is 6.61 Å². The van der Waals surface area contributed by atoms with Crippen molar-refractivity contribution < 1.29 is 9.53 Å². The van der Waals surface area contributed by atoms with Gasteiger partial charge in [-0.3, -0.25) is 0 Å². The quantitative estimate of drug-likeness (QED) is 0.562. The molecule has 0 unspecified atom stereocenters. The third-order valence-corrected chi connectivity index (χ3v) is 5.17. The van der Waals surface area contributed by atoms with Gasteiger partial charge in [-0.1, -0.05) is 43.3 Å². The van der Waals surface area contributed by atoms with Gasteiger partial charge in [0, 0.05) is 18.3 Å². The maximum Gasteiger partial charge on any atom is 0.355 e. The second kappa shape index (κ2) is 9.11. The zero-order chi connectivity index (χ0) is 21.7. The molecule has 0 fully saturated rings. The van der Waals surface area contributed by atoms with Crippen LogP contribution in [0.25, 0.3) is 11.1 Å². The Morgan fingerprint density at radius 3 is 2.07 bits per heavy atom. The van der Waals surface area contributed by atoms with Gasteiger partial charge in [-0.15, -0.1) is 0 Å². The van der Waals surface area contributed by atoms with Gasteiger partial charge in [-0.2, -0.15) is 10.5 Å². The Morgan fingerprint density at radius 2 is 1.57 bits per heavy atom. The lowest BCUT2D eigenvalue weighted by molar-refractivity contribution is 0.0516. The third-order valence-electron chi connectivity index (χ3n) is 5.17. The van der Waals surface area contributed by atoms with Crippen molar-refractivity contribution in [1.29, 1.82) is 10.5 Å². The molecule has 1 aromatic heterocycles. The van der Waals surface area contributed by atoms with Gasteiger partial charge in [0.05, 0.1) is 23.8 Å². The van der Waals surface area contributed by atoms with Crippen molar-refractivity contribution in [2.45, 2.75) is 26.7 Å². The van der Waals surface area contributed by atoms with Gasteiger partial charge in [0.15, 0.2) is 0 Å². The van der Waals surface area contributed by atoms with Crippen LogP contribution in [0, 0.1) is 22.7 Å². The Bertz CT molecular complexity index is 1140. The van der Waals surface area contributed by atoms with Crippen molar-refractivity contribution in [3.63, 3.8) is 0 Å². The molecule has 0 spiro atoms. The fourth-order valence-electron chi connectivity index (χ4n) is 3.71. The minimum atomic E-state index is -0.423. The molecule has 0 amide bonds. The zero-order valence-corrected chi connectivity index (χ0v) is 17.4. The number of nitriles is 2. The predicted molar refractivity (Wildman–Crippen MR) is 115 cm³/mol. The summed E-state index contributed by atoms with van der Waals surface area (Å²) in [6.07, 6.45) is 1.37. The summed E-state index contributed by atoms with van der Waals surface area (Å²) >= 11 is 0. The van der Waals surface area contributed by atoms with Crippen LogP contribution < -0.4 is 0 Å². The van der Waals surface area contributed by atoms with E-state index >= 15 is 0 Å². The summed E-state index contributed by atoms with van der Waals surface area (Å²) < 4.78 is 7.03. The predicted octanol–water partition coefficient (Wildman–Crippen LogP) is 4.77. The summed E-state index contributed by atoms with van der Waals surface area (Å²) in [5.41, 5.74) is 6.03. The highest BCUT2D eigenvalue weighted by molar-refractivity contribution is 5.98. The van der Waals surface area contributed by atoms with E-state index in [9.17, 15) is 10.1 Å². The Labute approximate surface area is 176 Å². The van der Waals surface area contributed by atoms with E-state index in [1.54, 1.807) is 18.5 Å². The van der Waals surface area contributed by atoms with Crippen molar-refractivity contribution in [2.75, 3.05) is 6.61 Å². The van der Waals surface area contributed by atoms with Gasteiger partial charge in [0.25, 0.3) is 0 Å². The summed E-state index contributed by atoms with van der Waals surface area (Å²) in [5, 5.41) is 18.7. The zero-order valence-electron chi connectivity index (χ0n) is 17.4. The highest BCUT2D eigenvalue weighted by atomic mass is 16.5. The van der Waals surface area contributed by atoms with Crippen LogP contribution in [0.15, 0.2) is 48.5 Å². The Hall–Kier alpha value is -3.83.